The zero-order valence-corrected chi connectivity index (χ0v) is 15.0. The lowest BCUT2D eigenvalue weighted by atomic mass is 10.1. The number of carbonyl (C=O) groups excluding carboxylic acids is 2. The number of likely N-dealkylation sites (tertiary alicyclic amines) is 1. The highest BCUT2D eigenvalue weighted by molar-refractivity contribution is 6.30. The SMILES string of the molecule is Cl.O=C(NCc1ccc(Cl)cc1)[C@@H]1CCCN1C(=O)[C@@H]1CCCN1. The number of halogens is 2. The Hall–Kier alpha value is -1.30. The number of nitrogens with one attached hydrogen (secondary N) is 2. The third kappa shape index (κ3) is 4.41. The van der Waals surface area contributed by atoms with Crippen LogP contribution in [0.1, 0.15) is 31.2 Å². The molecule has 2 atom stereocenters. The molecular weight excluding hydrogens is 349 g/mol. The highest BCUT2D eigenvalue weighted by Crippen LogP contribution is 2.21. The molecule has 0 aromatic heterocycles. The van der Waals surface area contributed by atoms with Crippen LogP contribution in [0.15, 0.2) is 24.3 Å². The van der Waals surface area contributed by atoms with Crippen LogP contribution in [-0.2, 0) is 16.1 Å². The molecule has 0 radical (unpaired) electrons. The number of nitrogens with zero attached hydrogens (tertiary/aromatic N) is 1. The Labute approximate surface area is 153 Å². The fraction of sp³-hybridized carbons (Fsp3) is 0.529. The molecule has 1 aromatic carbocycles. The van der Waals surface area contributed by atoms with Gasteiger partial charge in [-0.15, -0.1) is 12.4 Å². The minimum atomic E-state index is -0.336. The first-order chi connectivity index (χ1) is 11.1. The lowest BCUT2D eigenvalue weighted by Gasteiger charge is -2.26. The van der Waals surface area contributed by atoms with Crippen LogP contribution in [0.4, 0.5) is 0 Å². The summed E-state index contributed by atoms with van der Waals surface area (Å²) in [5.74, 6) is 0.00967. The summed E-state index contributed by atoms with van der Waals surface area (Å²) in [7, 11) is 0. The summed E-state index contributed by atoms with van der Waals surface area (Å²) in [6.45, 7) is 2.02. The average Bonchev–Trinajstić information content (AvgIpc) is 3.24. The Kier molecular flexibility index (Phi) is 6.90. The Morgan fingerprint density at radius 1 is 1.21 bits per heavy atom. The van der Waals surface area contributed by atoms with Crippen LogP contribution in [0.25, 0.3) is 0 Å². The van der Waals surface area contributed by atoms with E-state index in [1.807, 2.05) is 12.1 Å². The van der Waals surface area contributed by atoms with E-state index in [0.29, 0.717) is 18.1 Å². The van der Waals surface area contributed by atoms with Gasteiger partial charge >= 0.3 is 0 Å². The molecule has 0 aliphatic carbocycles. The zero-order valence-electron chi connectivity index (χ0n) is 13.5. The van der Waals surface area contributed by atoms with Crippen LogP contribution in [0, 0.1) is 0 Å². The molecule has 0 saturated carbocycles. The molecule has 0 spiro atoms. The van der Waals surface area contributed by atoms with Crippen molar-refractivity contribution in [2.45, 2.75) is 44.3 Å². The predicted octanol–water partition coefficient (Wildman–Crippen LogP) is 2.12. The monoisotopic (exact) mass is 371 g/mol. The molecule has 2 amide bonds. The summed E-state index contributed by atoms with van der Waals surface area (Å²) < 4.78 is 0. The number of benzene rings is 1. The van der Waals surface area contributed by atoms with Gasteiger partial charge in [-0.1, -0.05) is 23.7 Å². The van der Waals surface area contributed by atoms with Crippen molar-refractivity contribution in [1.29, 1.82) is 0 Å². The van der Waals surface area contributed by atoms with Crippen LogP contribution >= 0.6 is 24.0 Å². The van der Waals surface area contributed by atoms with E-state index in [4.69, 9.17) is 11.6 Å². The van der Waals surface area contributed by atoms with Crippen molar-refractivity contribution < 1.29 is 9.59 Å². The van der Waals surface area contributed by atoms with Crippen molar-refractivity contribution in [2.24, 2.45) is 0 Å². The van der Waals surface area contributed by atoms with Gasteiger partial charge in [0.25, 0.3) is 0 Å². The molecule has 2 aliphatic rings. The number of hydrogen-bond acceptors (Lipinski definition) is 3. The van der Waals surface area contributed by atoms with Crippen LogP contribution in [0.5, 0.6) is 0 Å². The molecule has 2 fully saturated rings. The topological polar surface area (TPSA) is 61.4 Å². The van der Waals surface area contributed by atoms with Gasteiger partial charge in [-0.2, -0.15) is 0 Å². The first-order valence-electron chi connectivity index (χ1n) is 8.21. The number of carbonyl (C=O) groups is 2. The molecule has 0 bridgehead atoms. The van der Waals surface area contributed by atoms with Crippen molar-refractivity contribution in [3.63, 3.8) is 0 Å². The Morgan fingerprint density at radius 3 is 2.62 bits per heavy atom. The largest absolute Gasteiger partial charge is 0.350 e. The molecule has 24 heavy (non-hydrogen) atoms. The lowest BCUT2D eigenvalue weighted by molar-refractivity contribution is -0.139. The van der Waals surface area contributed by atoms with Crippen molar-refractivity contribution in [1.82, 2.24) is 15.5 Å². The molecule has 2 N–H and O–H groups in total. The average molecular weight is 372 g/mol. The standard InChI is InChI=1S/C17H22ClN3O2.ClH/c18-13-7-5-12(6-8-13)11-20-16(22)15-4-2-10-21(15)17(23)14-3-1-9-19-14;/h5-8,14-15,19H,1-4,9-11H2,(H,20,22);1H/t14-,15-;/m0./s1. The Balaban J connectivity index is 0.00000208. The zero-order chi connectivity index (χ0) is 16.2. The summed E-state index contributed by atoms with van der Waals surface area (Å²) in [4.78, 5) is 26.8. The summed E-state index contributed by atoms with van der Waals surface area (Å²) in [5, 5.41) is 6.84. The van der Waals surface area contributed by atoms with E-state index in [1.54, 1.807) is 17.0 Å². The highest BCUT2D eigenvalue weighted by Gasteiger charge is 2.37. The van der Waals surface area contributed by atoms with Gasteiger partial charge in [0.05, 0.1) is 6.04 Å². The van der Waals surface area contributed by atoms with E-state index >= 15 is 0 Å². The molecule has 3 rings (SSSR count). The van der Waals surface area contributed by atoms with Crippen molar-refractivity contribution in [3.05, 3.63) is 34.9 Å². The normalized spacial score (nSPS) is 23.0. The van der Waals surface area contributed by atoms with Gasteiger partial charge in [0.1, 0.15) is 6.04 Å². The molecule has 132 valence electrons. The minimum Gasteiger partial charge on any atom is -0.350 e. The van der Waals surface area contributed by atoms with E-state index in [-0.39, 0.29) is 36.3 Å². The van der Waals surface area contributed by atoms with Gasteiger partial charge in [-0.05, 0) is 49.9 Å². The summed E-state index contributed by atoms with van der Waals surface area (Å²) in [5.41, 5.74) is 0.996. The maximum absolute atomic E-state index is 12.5. The maximum atomic E-state index is 12.5. The van der Waals surface area contributed by atoms with E-state index < -0.39 is 0 Å². The van der Waals surface area contributed by atoms with Gasteiger partial charge < -0.3 is 15.5 Å². The molecule has 1 aromatic rings. The molecule has 7 heteroatoms. The van der Waals surface area contributed by atoms with Crippen molar-refractivity contribution in [3.8, 4) is 0 Å². The number of amides is 2. The Morgan fingerprint density at radius 2 is 1.96 bits per heavy atom. The van der Waals surface area contributed by atoms with E-state index in [1.165, 1.54) is 0 Å². The first-order valence-corrected chi connectivity index (χ1v) is 8.59. The number of rotatable bonds is 4. The predicted molar refractivity (Wildman–Crippen MR) is 96.3 cm³/mol. The molecule has 2 aliphatic heterocycles. The van der Waals surface area contributed by atoms with Gasteiger partial charge in [-0.3, -0.25) is 9.59 Å². The third-order valence-corrected chi connectivity index (χ3v) is 4.83. The molecule has 2 saturated heterocycles. The van der Waals surface area contributed by atoms with Crippen molar-refractivity contribution >= 4 is 35.8 Å². The number of hydrogen-bond donors (Lipinski definition) is 2. The minimum absolute atomic E-state index is 0. The van der Waals surface area contributed by atoms with Gasteiger partial charge in [0.2, 0.25) is 11.8 Å². The molecule has 2 heterocycles. The maximum Gasteiger partial charge on any atom is 0.243 e. The smallest absolute Gasteiger partial charge is 0.243 e. The summed E-state index contributed by atoms with van der Waals surface area (Å²) in [6, 6.07) is 6.95. The van der Waals surface area contributed by atoms with Gasteiger partial charge in [-0.25, -0.2) is 0 Å². The van der Waals surface area contributed by atoms with E-state index in [0.717, 1.165) is 37.8 Å². The quantitative estimate of drug-likeness (QED) is 0.851. The second-order valence-electron chi connectivity index (χ2n) is 6.18. The van der Waals surface area contributed by atoms with Gasteiger partial charge in [0.15, 0.2) is 0 Å². The third-order valence-electron chi connectivity index (χ3n) is 4.58. The second-order valence-corrected chi connectivity index (χ2v) is 6.62. The van der Waals surface area contributed by atoms with Crippen LogP contribution in [0.3, 0.4) is 0 Å². The highest BCUT2D eigenvalue weighted by atomic mass is 35.5. The fourth-order valence-electron chi connectivity index (χ4n) is 3.31. The molecule has 0 unspecified atom stereocenters. The van der Waals surface area contributed by atoms with Gasteiger partial charge in [0, 0.05) is 18.1 Å². The van der Waals surface area contributed by atoms with E-state index in [2.05, 4.69) is 10.6 Å². The molecular formula is C17H23Cl2N3O2. The fourth-order valence-corrected chi connectivity index (χ4v) is 3.43. The van der Waals surface area contributed by atoms with Crippen LogP contribution in [0.2, 0.25) is 5.02 Å². The van der Waals surface area contributed by atoms with Crippen molar-refractivity contribution in [2.75, 3.05) is 13.1 Å². The second kappa shape index (κ2) is 8.70. The van der Waals surface area contributed by atoms with Crippen LogP contribution in [-0.4, -0.2) is 41.9 Å². The van der Waals surface area contributed by atoms with Crippen LogP contribution < -0.4 is 10.6 Å². The Bertz CT molecular complexity index is 574. The lowest BCUT2D eigenvalue weighted by Crippen LogP contribution is -2.50. The summed E-state index contributed by atoms with van der Waals surface area (Å²) in [6.07, 6.45) is 3.52. The first kappa shape index (κ1) is 19.0. The van der Waals surface area contributed by atoms with E-state index in [9.17, 15) is 9.59 Å². The summed E-state index contributed by atoms with van der Waals surface area (Å²) >= 11 is 5.86. The molecule has 5 nitrogen and oxygen atoms in total.